The first-order chi connectivity index (χ1) is 8.33. The van der Waals surface area contributed by atoms with E-state index in [4.69, 9.17) is 5.73 Å². The minimum atomic E-state index is 0.475. The fourth-order valence-corrected chi connectivity index (χ4v) is 3.72. The largest absolute Gasteiger partial charge is 0.325 e. The molecule has 17 heavy (non-hydrogen) atoms. The number of nitrogens with zero attached hydrogens (tertiary/aromatic N) is 3. The third-order valence-electron chi connectivity index (χ3n) is 2.09. The van der Waals surface area contributed by atoms with E-state index in [-0.39, 0.29) is 0 Å². The van der Waals surface area contributed by atoms with E-state index in [2.05, 4.69) is 21.2 Å². The SMILES string of the molecule is CSc1nnc(SCc2cccnc2CN)s1. The highest BCUT2D eigenvalue weighted by Gasteiger charge is 2.06. The van der Waals surface area contributed by atoms with Crippen LogP contribution in [0.3, 0.4) is 0 Å². The number of aromatic nitrogens is 3. The number of nitrogens with two attached hydrogens (primary N) is 1. The Kier molecular flexibility index (Phi) is 4.78. The van der Waals surface area contributed by atoms with E-state index in [1.165, 1.54) is 5.56 Å². The van der Waals surface area contributed by atoms with Crippen molar-refractivity contribution < 1.29 is 0 Å². The smallest absolute Gasteiger partial charge is 0.175 e. The van der Waals surface area contributed by atoms with Crippen molar-refractivity contribution in [2.45, 2.75) is 21.0 Å². The Hall–Kier alpha value is -0.630. The fraction of sp³-hybridized carbons (Fsp3) is 0.300. The summed E-state index contributed by atoms with van der Waals surface area (Å²) in [5.74, 6) is 0.837. The van der Waals surface area contributed by atoms with E-state index in [1.807, 2.05) is 12.3 Å². The van der Waals surface area contributed by atoms with E-state index < -0.39 is 0 Å². The zero-order valence-corrected chi connectivity index (χ0v) is 11.7. The van der Waals surface area contributed by atoms with Crippen LogP contribution in [0.25, 0.3) is 0 Å². The van der Waals surface area contributed by atoms with Crippen molar-refractivity contribution in [2.75, 3.05) is 6.26 Å². The monoisotopic (exact) mass is 284 g/mol. The molecule has 0 aliphatic heterocycles. The molecule has 0 saturated heterocycles. The van der Waals surface area contributed by atoms with Gasteiger partial charge in [-0.2, -0.15) is 0 Å². The number of hydrogen-bond acceptors (Lipinski definition) is 7. The Morgan fingerprint density at radius 3 is 2.88 bits per heavy atom. The van der Waals surface area contributed by atoms with Crippen LogP contribution < -0.4 is 5.73 Å². The van der Waals surface area contributed by atoms with E-state index in [1.54, 1.807) is 41.1 Å². The van der Waals surface area contributed by atoms with Gasteiger partial charge in [-0.15, -0.1) is 10.2 Å². The van der Waals surface area contributed by atoms with Crippen LogP contribution in [0, 0.1) is 0 Å². The molecule has 2 N–H and O–H groups in total. The zero-order valence-electron chi connectivity index (χ0n) is 9.29. The quantitative estimate of drug-likeness (QED) is 0.851. The summed E-state index contributed by atoms with van der Waals surface area (Å²) in [5, 5.41) is 8.18. The molecular formula is C10H12N4S3. The molecule has 0 atom stereocenters. The molecular weight excluding hydrogens is 272 g/mol. The molecule has 7 heteroatoms. The maximum absolute atomic E-state index is 5.64. The van der Waals surface area contributed by atoms with Crippen LogP contribution in [0.1, 0.15) is 11.3 Å². The van der Waals surface area contributed by atoms with E-state index in [9.17, 15) is 0 Å². The summed E-state index contributed by atoms with van der Waals surface area (Å²) in [7, 11) is 0. The molecule has 0 unspecified atom stereocenters. The lowest BCUT2D eigenvalue weighted by molar-refractivity contribution is 0.950. The van der Waals surface area contributed by atoms with Gasteiger partial charge >= 0.3 is 0 Å². The lowest BCUT2D eigenvalue weighted by Gasteiger charge is -2.03. The van der Waals surface area contributed by atoms with Crippen LogP contribution >= 0.6 is 34.9 Å². The van der Waals surface area contributed by atoms with Crippen molar-refractivity contribution in [1.82, 2.24) is 15.2 Å². The van der Waals surface area contributed by atoms with E-state index in [0.717, 1.165) is 20.1 Å². The Bertz CT molecular complexity index is 486. The lowest BCUT2D eigenvalue weighted by atomic mass is 10.2. The molecule has 0 spiro atoms. The standard InChI is InChI=1S/C10H12N4S3/c1-15-9-13-14-10(17-9)16-6-7-3-2-4-12-8(7)5-11/h2-4H,5-6,11H2,1H3. The fourth-order valence-electron chi connectivity index (χ4n) is 1.26. The van der Waals surface area contributed by atoms with Gasteiger partial charge in [-0.1, -0.05) is 40.9 Å². The molecule has 4 nitrogen and oxygen atoms in total. The van der Waals surface area contributed by atoms with Crippen LogP contribution in [0.2, 0.25) is 0 Å². The molecule has 2 aromatic rings. The minimum Gasteiger partial charge on any atom is -0.325 e. The highest BCUT2D eigenvalue weighted by Crippen LogP contribution is 2.29. The van der Waals surface area contributed by atoms with Gasteiger partial charge in [-0.05, 0) is 17.9 Å². The summed E-state index contributed by atoms with van der Waals surface area (Å²) in [4.78, 5) is 4.26. The predicted molar refractivity (Wildman–Crippen MR) is 73.4 cm³/mol. The van der Waals surface area contributed by atoms with Gasteiger partial charge in [0.1, 0.15) is 0 Å². The number of thioether (sulfide) groups is 2. The van der Waals surface area contributed by atoms with Crippen LogP contribution in [0.4, 0.5) is 0 Å². The summed E-state index contributed by atoms with van der Waals surface area (Å²) >= 11 is 4.91. The van der Waals surface area contributed by atoms with Gasteiger partial charge in [0.05, 0.1) is 5.69 Å². The first-order valence-electron chi connectivity index (χ1n) is 4.96. The predicted octanol–water partition coefficient (Wildman–Crippen LogP) is 2.41. The van der Waals surface area contributed by atoms with Crippen molar-refractivity contribution in [3.05, 3.63) is 29.6 Å². The van der Waals surface area contributed by atoms with E-state index in [0.29, 0.717) is 6.54 Å². The summed E-state index contributed by atoms with van der Waals surface area (Å²) in [6.07, 6.45) is 3.77. The maximum atomic E-state index is 5.64. The van der Waals surface area contributed by atoms with E-state index >= 15 is 0 Å². The zero-order chi connectivity index (χ0) is 12.1. The van der Waals surface area contributed by atoms with Gasteiger partial charge in [-0.25, -0.2) is 0 Å². The molecule has 0 fully saturated rings. The lowest BCUT2D eigenvalue weighted by Crippen LogP contribution is -2.03. The normalized spacial score (nSPS) is 10.7. The molecule has 0 amide bonds. The second-order valence-electron chi connectivity index (χ2n) is 3.14. The number of pyridine rings is 1. The summed E-state index contributed by atoms with van der Waals surface area (Å²) in [6.45, 7) is 0.475. The molecule has 0 aliphatic carbocycles. The molecule has 2 rings (SSSR count). The molecule has 2 heterocycles. The molecule has 0 aliphatic rings. The second kappa shape index (κ2) is 6.34. The van der Waals surface area contributed by atoms with Gasteiger partial charge in [0, 0.05) is 18.5 Å². The summed E-state index contributed by atoms with van der Waals surface area (Å²) in [6, 6.07) is 3.99. The molecule has 0 saturated carbocycles. The molecule has 0 aromatic carbocycles. The van der Waals surface area contributed by atoms with Crippen LogP contribution in [0.15, 0.2) is 27.0 Å². The first-order valence-corrected chi connectivity index (χ1v) is 7.99. The molecule has 90 valence electrons. The van der Waals surface area contributed by atoms with Crippen LogP contribution in [0.5, 0.6) is 0 Å². The Morgan fingerprint density at radius 1 is 1.35 bits per heavy atom. The summed E-state index contributed by atoms with van der Waals surface area (Å²) in [5.41, 5.74) is 7.77. The molecule has 0 bridgehead atoms. The van der Waals surface area contributed by atoms with Gasteiger partial charge < -0.3 is 5.73 Å². The average Bonchev–Trinajstić information content (AvgIpc) is 2.84. The minimum absolute atomic E-state index is 0.475. The third kappa shape index (κ3) is 3.41. The molecule has 0 radical (unpaired) electrons. The van der Waals surface area contributed by atoms with Crippen molar-refractivity contribution >= 4 is 34.9 Å². The highest BCUT2D eigenvalue weighted by molar-refractivity contribution is 8.02. The van der Waals surface area contributed by atoms with Gasteiger partial charge in [0.2, 0.25) is 0 Å². The highest BCUT2D eigenvalue weighted by atomic mass is 32.2. The number of hydrogen-bond donors (Lipinski definition) is 1. The van der Waals surface area contributed by atoms with Gasteiger partial charge in [0.15, 0.2) is 8.68 Å². The Balaban J connectivity index is 2.01. The van der Waals surface area contributed by atoms with Crippen LogP contribution in [-0.2, 0) is 12.3 Å². The third-order valence-corrected chi connectivity index (χ3v) is 5.17. The number of rotatable bonds is 5. The first kappa shape index (κ1) is 12.8. The summed E-state index contributed by atoms with van der Waals surface area (Å²) < 4.78 is 1.99. The van der Waals surface area contributed by atoms with Crippen LogP contribution in [-0.4, -0.2) is 21.4 Å². The van der Waals surface area contributed by atoms with Crippen molar-refractivity contribution in [1.29, 1.82) is 0 Å². The second-order valence-corrected chi connectivity index (χ2v) is 6.39. The Morgan fingerprint density at radius 2 is 2.18 bits per heavy atom. The topological polar surface area (TPSA) is 64.7 Å². The van der Waals surface area contributed by atoms with Crippen molar-refractivity contribution in [3.8, 4) is 0 Å². The maximum Gasteiger partial charge on any atom is 0.175 e. The van der Waals surface area contributed by atoms with Crippen molar-refractivity contribution in [3.63, 3.8) is 0 Å². The van der Waals surface area contributed by atoms with Crippen molar-refractivity contribution in [2.24, 2.45) is 5.73 Å². The van der Waals surface area contributed by atoms with Gasteiger partial charge in [-0.3, -0.25) is 4.98 Å². The Labute approximate surface area is 112 Å². The molecule has 2 aromatic heterocycles. The average molecular weight is 284 g/mol. The van der Waals surface area contributed by atoms with Gasteiger partial charge in [0.25, 0.3) is 0 Å².